The van der Waals surface area contributed by atoms with E-state index in [0.29, 0.717) is 13.2 Å². The molecular formula is C20H20O3. The van der Waals surface area contributed by atoms with E-state index in [1.807, 2.05) is 60.7 Å². The van der Waals surface area contributed by atoms with Gasteiger partial charge in [-0.1, -0.05) is 55.1 Å². The molecule has 0 amide bonds. The largest absolute Gasteiger partial charge is 0.508 e. The summed E-state index contributed by atoms with van der Waals surface area (Å²) in [5, 5.41) is 9.22. The third-order valence-electron chi connectivity index (χ3n) is 3.05. The zero-order chi connectivity index (χ0) is 16.3. The Bertz CT molecular complexity index is 652. The van der Waals surface area contributed by atoms with Gasteiger partial charge < -0.3 is 14.6 Å². The molecule has 2 aromatic rings. The van der Waals surface area contributed by atoms with Gasteiger partial charge in [-0.2, -0.15) is 0 Å². The molecule has 0 radical (unpaired) electrons. The van der Waals surface area contributed by atoms with Crippen molar-refractivity contribution in [3.63, 3.8) is 0 Å². The van der Waals surface area contributed by atoms with Crippen molar-refractivity contribution in [3.05, 3.63) is 84.7 Å². The van der Waals surface area contributed by atoms with Crippen molar-refractivity contribution in [2.75, 3.05) is 13.2 Å². The fourth-order valence-electron chi connectivity index (χ4n) is 1.88. The van der Waals surface area contributed by atoms with Gasteiger partial charge in [0.1, 0.15) is 24.7 Å². The molecule has 3 heteroatoms. The first-order valence-electron chi connectivity index (χ1n) is 7.37. The second-order valence-corrected chi connectivity index (χ2v) is 4.76. The molecule has 0 atom stereocenters. The van der Waals surface area contributed by atoms with Crippen LogP contribution in [0.5, 0.6) is 11.5 Å². The van der Waals surface area contributed by atoms with Crippen LogP contribution in [0, 0.1) is 0 Å². The van der Waals surface area contributed by atoms with Crippen molar-refractivity contribution in [1.29, 1.82) is 0 Å². The summed E-state index contributed by atoms with van der Waals surface area (Å²) in [6.07, 6.45) is 9.33. The molecule has 1 N–H and O–H groups in total. The van der Waals surface area contributed by atoms with E-state index in [4.69, 9.17) is 9.47 Å². The number of aromatic hydroxyl groups is 1. The van der Waals surface area contributed by atoms with E-state index in [1.165, 1.54) is 6.26 Å². The summed E-state index contributed by atoms with van der Waals surface area (Å²) in [6, 6.07) is 14.9. The minimum Gasteiger partial charge on any atom is -0.508 e. The predicted molar refractivity (Wildman–Crippen MR) is 94.3 cm³/mol. The Hall–Kier alpha value is -2.94. The standard InChI is InChI=1S/C20H20O3/c1-2-22-15-16-23-20-13-9-18(10-14-20)6-4-3-5-17-7-11-19(21)12-8-17/h2-14,21H,1,15-16H2. The van der Waals surface area contributed by atoms with Crippen LogP contribution in [0.15, 0.2) is 73.5 Å². The number of benzene rings is 2. The third kappa shape index (κ3) is 6.14. The Morgan fingerprint density at radius 2 is 1.39 bits per heavy atom. The lowest BCUT2D eigenvalue weighted by molar-refractivity contribution is 0.179. The first-order valence-corrected chi connectivity index (χ1v) is 7.37. The highest BCUT2D eigenvalue weighted by atomic mass is 16.5. The van der Waals surface area contributed by atoms with E-state index < -0.39 is 0 Å². The van der Waals surface area contributed by atoms with Gasteiger partial charge in [-0.3, -0.25) is 0 Å². The van der Waals surface area contributed by atoms with Gasteiger partial charge in [0.25, 0.3) is 0 Å². The zero-order valence-corrected chi connectivity index (χ0v) is 12.9. The first kappa shape index (κ1) is 16.4. The highest BCUT2D eigenvalue weighted by Crippen LogP contribution is 2.14. The molecule has 0 bridgehead atoms. The minimum atomic E-state index is 0.274. The average Bonchev–Trinajstić information content (AvgIpc) is 2.58. The smallest absolute Gasteiger partial charge is 0.122 e. The zero-order valence-electron chi connectivity index (χ0n) is 12.9. The topological polar surface area (TPSA) is 38.7 Å². The molecule has 2 aromatic carbocycles. The minimum absolute atomic E-state index is 0.274. The van der Waals surface area contributed by atoms with Crippen LogP contribution in [0.1, 0.15) is 11.1 Å². The molecule has 0 heterocycles. The second-order valence-electron chi connectivity index (χ2n) is 4.76. The van der Waals surface area contributed by atoms with Crippen molar-refractivity contribution < 1.29 is 14.6 Å². The van der Waals surface area contributed by atoms with Crippen molar-refractivity contribution >= 4 is 12.2 Å². The third-order valence-corrected chi connectivity index (χ3v) is 3.05. The first-order chi connectivity index (χ1) is 11.3. The van der Waals surface area contributed by atoms with Crippen molar-refractivity contribution in [3.8, 4) is 11.5 Å². The van der Waals surface area contributed by atoms with Crippen LogP contribution in [0.3, 0.4) is 0 Å². The van der Waals surface area contributed by atoms with Gasteiger partial charge >= 0.3 is 0 Å². The Labute approximate surface area is 136 Å². The van der Waals surface area contributed by atoms with Gasteiger partial charge in [0, 0.05) is 0 Å². The molecule has 0 aliphatic rings. The fraction of sp³-hybridized carbons (Fsp3) is 0.100. The molecule has 0 saturated heterocycles. The maximum absolute atomic E-state index is 9.22. The van der Waals surface area contributed by atoms with E-state index in [9.17, 15) is 5.11 Å². The molecule has 0 aliphatic heterocycles. The summed E-state index contributed by atoms with van der Waals surface area (Å²) in [4.78, 5) is 0. The van der Waals surface area contributed by atoms with Crippen LogP contribution in [-0.4, -0.2) is 18.3 Å². The number of phenolic OH excluding ortho intramolecular Hbond substituents is 1. The maximum Gasteiger partial charge on any atom is 0.122 e. The predicted octanol–water partition coefficient (Wildman–Crippen LogP) is 4.66. The van der Waals surface area contributed by atoms with Gasteiger partial charge in [0.15, 0.2) is 0 Å². The Morgan fingerprint density at radius 1 is 0.826 bits per heavy atom. The molecule has 0 fully saturated rings. The number of phenols is 1. The van der Waals surface area contributed by atoms with Gasteiger partial charge in [-0.15, -0.1) is 0 Å². The summed E-state index contributed by atoms with van der Waals surface area (Å²) in [5.74, 6) is 1.09. The quantitative estimate of drug-likeness (QED) is 0.438. The summed E-state index contributed by atoms with van der Waals surface area (Å²) in [6.45, 7) is 4.46. The van der Waals surface area contributed by atoms with Gasteiger partial charge in [0.05, 0.1) is 6.26 Å². The molecule has 2 rings (SSSR count). The van der Waals surface area contributed by atoms with Crippen LogP contribution in [0.25, 0.3) is 12.2 Å². The van der Waals surface area contributed by atoms with Crippen molar-refractivity contribution in [2.24, 2.45) is 0 Å². The van der Waals surface area contributed by atoms with E-state index >= 15 is 0 Å². The van der Waals surface area contributed by atoms with Gasteiger partial charge in [-0.25, -0.2) is 0 Å². The number of hydrogen-bond acceptors (Lipinski definition) is 3. The Morgan fingerprint density at radius 3 is 1.96 bits per heavy atom. The molecular weight excluding hydrogens is 288 g/mol. The fourth-order valence-corrected chi connectivity index (χ4v) is 1.88. The summed E-state index contributed by atoms with van der Waals surface area (Å²) >= 11 is 0. The van der Waals surface area contributed by atoms with E-state index in [2.05, 4.69) is 6.58 Å². The Balaban J connectivity index is 1.82. The molecule has 0 aromatic heterocycles. The highest BCUT2D eigenvalue weighted by Gasteiger charge is 1.93. The SMILES string of the molecule is C=COCCOc1ccc(C=CC=Cc2ccc(O)cc2)cc1. The molecule has 0 unspecified atom stereocenters. The molecule has 0 aliphatic carbocycles. The molecule has 118 valence electrons. The normalized spacial score (nSPS) is 11.0. The van der Waals surface area contributed by atoms with E-state index in [-0.39, 0.29) is 5.75 Å². The molecule has 0 spiro atoms. The molecule has 0 saturated carbocycles. The van der Waals surface area contributed by atoms with Crippen LogP contribution in [-0.2, 0) is 4.74 Å². The second kappa shape index (κ2) is 9.15. The summed E-state index contributed by atoms with van der Waals surface area (Å²) in [5.41, 5.74) is 2.13. The monoisotopic (exact) mass is 308 g/mol. The number of ether oxygens (including phenoxy) is 2. The Kier molecular flexibility index (Phi) is 6.54. The van der Waals surface area contributed by atoms with Crippen molar-refractivity contribution in [2.45, 2.75) is 0 Å². The number of hydrogen-bond donors (Lipinski definition) is 1. The maximum atomic E-state index is 9.22. The van der Waals surface area contributed by atoms with Crippen LogP contribution < -0.4 is 4.74 Å². The van der Waals surface area contributed by atoms with Crippen LogP contribution >= 0.6 is 0 Å². The summed E-state index contributed by atoms with van der Waals surface area (Å²) in [7, 11) is 0. The lowest BCUT2D eigenvalue weighted by atomic mass is 10.2. The van der Waals surface area contributed by atoms with Crippen LogP contribution in [0.2, 0.25) is 0 Å². The summed E-state index contributed by atoms with van der Waals surface area (Å²) < 4.78 is 10.5. The molecule has 3 nitrogen and oxygen atoms in total. The van der Waals surface area contributed by atoms with E-state index in [1.54, 1.807) is 12.1 Å². The van der Waals surface area contributed by atoms with Crippen LogP contribution in [0.4, 0.5) is 0 Å². The lowest BCUT2D eigenvalue weighted by Crippen LogP contribution is -2.03. The van der Waals surface area contributed by atoms with Crippen molar-refractivity contribution in [1.82, 2.24) is 0 Å². The van der Waals surface area contributed by atoms with Gasteiger partial charge in [-0.05, 0) is 35.4 Å². The molecule has 23 heavy (non-hydrogen) atoms. The highest BCUT2D eigenvalue weighted by molar-refractivity contribution is 5.57. The average molecular weight is 308 g/mol. The lowest BCUT2D eigenvalue weighted by Gasteiger charge is -2.05. The number of allylic oxidation sites excluding steroid dienone is 2. The van der Waals surface area contributed by atoms with E-state index in [0.717, 1.165) is 16.9 Å². The number of rotatable bonds is 8. The van der Waals surface area contributed by atoms with Gasteiger partial charge in [0.2, 0.25) is 0 Å².